The lowest BCUT2D eigenvalue weighted by molar-refractivity contribution is -0.787. The Morgan fingerprint density at radius 3 is 1.85 bits per heavy atom. The minimum atomic E-state index is -0.566. The van der Waals surface area contributed by atoms with Crippen LogP contribution in [0.1, 0.15) is 65.2 Å². The number of nitrogens with zero attached hydrogens (tertiary/aromatic N) is 1. The van der Waals surface area contributed by atoms with Crippen LogP contribution >= 0.6 is 0 Å². The van der Waals surface area contributed by atoms with E-state index < -0.39 is 10.7 Å². The molecule has 0 aromatic rings. The second-order valence-electron chi connectivity index (χ2n) is 7.97. The van der Waals surface area contributed by atoms with Crippen LogP contribution in [0.25, 0.3) is 0 Å². The minimum absolute atomic E-state index is 0.0662. The van der Waals surface area contributed by atoms with E-state index in [2.05, 4.69) is 13.8 Å². The van der Waals surface area contributed by atoms with E-state index in [0.29, 0.717) is 6.54 Å². The lowest BCUT2D eigenvalue weighted by Crippen LogP contribution is -2.66. The smallest absolute Gasteiger partial charge is 0.295 e. The fraction of sp³-hybridized carbons (Fsp3) is 1.00. The van der Waals surface area contributed by atoms with Crippen LogP contribution in [0.15, 0.2) is 0 Å². The van der Waals surface area contributed by atoms with Crippen LogP contribution in [0.5, 0.6) is 0 Å². The Bertz CT molecular complexity index is 379. The Labute approximate surface area is 120 Å². The third kappa shape index (κ3) is 1.85. The molecule has 0 heterocycles. The van der Waals surface area contributed by atoms with Crippen molar-refractivity contribution in [2.75, 3.05) is 6.54 Å². The van der Waals surface area contributed by atoms with E-state index in [1.807, 2.05) is 0 Å². The molecular formula is C15H26N2O3. The van der Waals surface area contributed by atoms with Gasteiger partial charge in [-0.15, -0.1) is 10.1 Å². The van der Waals surface area contributed by atoms with Crippen molar-refractivity contribution < 1.29 is 9.92 Å². The van der Waals surface area contributed by atoms with E-state index in [4.69, 9.17) is 10.6 Å². The van der Waals surface area contributed by atoms with Gasteiger partial charge in [-0.3, -0.25) is 0 Å². The largest absolute Gasteiger partial charge is 0.330 e. The van der Waals surface area contributed by atoms with Crippen molar-refractivity contribution in [3.8, 4) is 0 Å². The molecule has 0 spiro atoms. The van der Waals surface area contributed by atoms with Gasteiger partial charge >= 0.3 is 0 Å². The van der Waals surface area contributed by atoms with E-state index in [1.165, 1.54) is 6.42 Å². The van der Waals surface area contributed by atoms with E-state index in [9.17, 15) is 10.1 Å². The SMILES string of the molecule is CCC12CC3(CC)CC(CN)(C1)CC(O[N+](=O)[O-])(C2)C3. The van der Waals surface area contributed by atoms with E-state index in [0.717, 1.165) is 44.9 Å². The second-order valence-corrected chi connectivity index (χ2v) is 7.97. The topological polar surface area (TPSA) is 78.4 Å². The Balaban J connectivity index is 2.05. The van der Waals surface area contributed by atoms with Crippen molar-refractivity contribution in [1.82, 2.24) is 0 Å². The zero-order valence-electron chi connectivity index (χ0n) is 12.6. The van der Waals surface area contributed by atoms with Crippen LogP contribution < -0.4 is 5.73 Å². The van der Waals surface area contributed by atoms with Crippen molar-refractivity contribution in [3.05, 3.63) is 10.1 Å². The second kappa shape index (κ2) is 4.09. The molecule has 0 aliphatic heterocycles. The lowest BCUT2D eigenvalue weighted by Gasteiger charge is -2.69. The summed E-state index contributed by atoms with van der Waals surface area (Å²) in [6.07, 6.45) is 8.12. The van der Waals surface area contributed by atoms with Crippen molar-refractivity contribution in [2.45, 2.75) is 70.8 Å². The van der Waals surface area contributed by atoms with Crippen molar-refractivity contribution in [3.63, 3.8) is 0 Å². The predicted octanol–water partition coefficient (Wildman–Crippen LogP) is 3.05. The van der Waals surface area contributed by atoms with Crippen LogP contribution in [0, 0.1) is 26.4 Å². The van der Waals surface area contributed by atoms with Gasteiger partial charge in [-0.05, 0) is 61.3 Å². The Kier molecular flexibility index (Phi) is 2.89. The maximum Gasteiger partial charge on any atom is 0.295 e. The molecule has 4 aliphatic rings. The highest BCUT2D eigenvalue weighted by Crippen LogP contribution is 2.73. The summed E-state index contributed by atoms with van der Waals surface area (Å²) in [7, 11) is 0. The number of hydrogen-bond donors (Lipinski definition) is 1. The van der Waals surface area contributed by atoms with Gasteiger partial charge in [-0.25, -0.2) is 0 Å². The third-order valence-corrected chi connectivity index (χ3v) is 6.54. The number of hydrogen-bond acceptors (Lipinski definition) is 4. The molecule has 0 amide bonds. The average molecular weight is 282 g/mol. The first-order valence-corrected chi connectivity index (χ1v) is 7.88. The molecule has 0 aromatic heterocycles. The fourth-order valence-corrected chi connectivity index (χ4v) is 6.41. The number of nitrogens with two attached hydrogens (primary N) is 1. The minimum Gasteiger partial charge on any atom is -0.330 e. The first-order valence-electron chi connectivity index (χ1n) is 7.88. The van der Waals surface area contributed by atoms with Crippen LogP contribution in [-0.4, -0.2) is 17.2 Å². The Morgan fingerprint density at radius 2 is 1.45 bits per heavy atom. The molecule has 0 radical (unpaired) electrons. The molecule has 4 fully saturated rings. The van der Waals surface area contributed by atoms with Gasteiger partial charge in [0, 0.05) is 0 Å². The summed E-state index contributed by atoms with van der Waals surface area (Å²) >= 11 is 0. The Hall–Kier alpha value is -0.840. The van der Waals surface area contributed by atoms with Crippen molar-refractivity contribution in [2.24, 2.45) is 22.0 Å². The van der Waals surface area contributed by atoms with Crippen LogP contribution in [-0.2, 0) is 4.84 Å². The third-order valence-electron chi connectivity index (χ3n) is 6.54. The van der Waals surface area contributed by atoms with Gasteiger partial charge in [0.1, 0.15) is 5.60 Å². The highest BCUT2D eigenvalue weighted by molar-refractivity contribution is 5.18. The molecule has 20 heavy (non-hydrogen) atoms. The fourth-order valence-electron chi connectivity index (χ4n) is 6.41. The molecule has 2 atom stereocenters. The standard InChI is InChI=1S/C15H26N2O3/c1-3-12-5-13(4-2)7-14(6-12,11-16)10-15(8-12,9-13)20-17(18)19/h3-11,16H2,1-2H3. The van der Waals surface area contributed by atoms with Crippen molar-refractivity contribution in [1.29, 1.82) is 0 Å². The molecule has 0 aromatic carbocycles. The van der Waals surface area contributed by atoms with Gasteiger partial charge in [-0.2, -0.15) is 0 Å². The molecule has 4 rings (SSSR count). The van der Waals surface area contributed by atoms with E-state index >= 15 is 0 Å². The van der Waals surface area contributed by atoms with Gasteiger partial charge in [0.05, 0.1) is 0 Å². The molecule has 4 aliphatic carbocycles. The van der Waals surface area contributed by atoms with Crippen LogP contribution in [0.2, 0.25) is 0 Å². The molecule has 0 saturated heterocycles. The van der Waals surface area contributed by atoms with Gasteiger partial charge in [0.25, 0.3) is 5.09 Å². The zero-order valence-corrected chi connectivity index (χ0v) is 12.6. The molecule has 114 valence electrons. The summed E-state index contributed by atoms with van der Waals surface area (Å²) in [5.41, 5.74) is 6.04. The average Bonchev–Trinajstić information content (AvgIpc) is 2.36. The van der Waals surface area contributed by atoms with E-state index in [-0.39, 0.29) is 16.2 Å². The molecule has 4 bridgehead atoms. The highest BCUT2D eigenvalue weighted by Gasteiger charge is 2.68. The summed E-state index contributed by atoms with van der Waals surface area (Å²) in [5, 5.41) is 10.4. The first kappa shape index (κ1) is 14.1. The first-order chi connectivity index (χ1) is 9.34. The summed E-state index contributed by atoms with van der Waals surface area (Å²) in [6.45, 7) is 5.08. The summed E-state index contributed by atoms with van der Waals surface area (Å²) in [4.78, 5) is 16.3. The maximum absolute atomic E-state index is 11.0. The molecule has 5 heteroatoms. The zero-order chi connectivity index (χ0) is 14.6. The Morgan fingerprint density at radius 1 is 1.00 bits per heavy atom. The lowest BCUT2D eigenvalue weighted by atomic mass is 9.37. The van der Waals surface area contributed by atoms with Gasteiger partial charge in [0.15, 0.2) is 0 Å². The van der Waals surface area contributed by atoms with Crippen molar-refractivity contribution >= 4 is 0 Å². The maximum atomic E-state index is 11.0. The normalized spacial score (nSPS) is 49.4. The van der Waals surface area contributed by atoms with Crippen LogP contribution in [0.3, 0.4) is 0 Å². The van der Waals surface area contributed by atoms with Gasteiger partial charge in [-0.1, -0.05) is 26.7 Å². The quantitative estimate of drug-likeness (QED) is 0.621. The number of rotatable bonds is 5. The monoisotopic (exact) mass is 282 g/mol. The summed E-state index contributed by atoms with van der Waals surface area (Å²) in [5.74, 6) is 0. The summed E-state index contributed by atoms with van der Waals surface area (Å²) < 4.78 is 0. The summed E-state index contributed by atoms with van der Waals surface area (Å²) in [6, 6.07) is 0. The molecule has 5 nitrogen and oxygen atoms in total. The van der Waals surface area contributed by atoms with E-state index in [1.54, 1.807) is 0 Å². The molecule has 4 saturated carbocycles. The van der Waals surface area contributed by atoms with Gasteiger partial charge < -0.3 is 10.6 Å². The predicted molar refractivity (Wildman–Crippen MR) is 75.4 cm³/mol. The molecule has 2 N–H and O–H groups in total. The molecule has 2 unspecified atom stereocenters. The van der Waals surface area contributed by atoms with Crippen LogP contribution in [0.4, 0.5) is 0 Å². The molecular weight excluding hydrogens is 256 g/mol. The van der Waals surface area contributed by atoms with Gasteiger partial charge in [0.2, 0.25) is 0 Å². The highest BCUT2D eigenvalue weighted by atomic mass is 17.0.